The van der Waals surface area contributed by atoms with Gasteiger partial charge in [-0.1, -0.05) is 36.6 Å². The Hall–Kier alpha value is -0.570. The van der Waals surface area contributed by atoms with Gasteiger partial charge in [-0.15, -0.1) is 0 Å². The summed E-state index contributed by atoms with van der Waals surface area (Å²) >= 11 is 5.91. The second-order valence-electron chi connectivity index (χ2n) is 6.10. The van der Waals surface area contributed by atoms with Crippen molar-refractivity contribution in [3.8, 4) is 0 Å². The van der Waals surface area contributed by atoms with Crippen LogP contribution >= 0.6 is 11.6 Å². The normalized spacial score (nSPS) is 17.8. The molecule has 0 aliphatic heterocycles. The third kappa shape index (κ3) is 5.08. The zero-order valence-electron chi connectivity index (χ0n) is 12.7. The lowest BCUT2D eigenvalue weighted by atomic mass is 10.1. The zero-order chi connectivity index (χ0) is 14.4. The predicted octanol–water partition coefficient (Wildman–Crippen LogP) is 3.74. The quantitative estimate of drug-likeness (QED) is 0.824. The number of nitrogens with one attached hydrogen (secondary N) is 1. The molecule has 20 heavy (non-hydrogen) atoms. The van der Waals surface area contributed by atoms with Crippen LogP contribution < -0.4 is 5.32 Å². The molecule has 1 unspecified atom stereocenters. The van der Waals surface area contributed by atoms with Gasteiger partial charge < -0.3 is 10.2 Å². The molecule has 1 aliphatic rings. The molecule has 0 spiro atoms. The molecule has 112 valence electrons. The number of hydrogen-bond acceptors (Lipinski definition) is 2. The van der Waals surface area contributed by atoms with E-state index in [1.54, 1.807) is 0 Å². The number of hydrogen-bond donors (Lipinski definition) is 1. The summed E-state index contributed by atoms with van der Waals surface area (Å²) in [5.41, 5.74) is 1.35. The highest BCUT2D eigenvalue weighted by Crippen LogP contribution is 2.21. The van der Waals surface area contributed by atoms with Crippen molar-refractivity contribution in [2.24, 2.45) is 0 Å². The minimum absolute atomic E-state index is 0.508. The number of likely N-dealkylation sites (N-methyl/N-ethyl adjacent to an activating group) is 1. The van der Waals surface area contributed by atoms with Crippen molar-refractivity contribution in [3.63, 3.8) is 0 Å². The van der Waals surface area contributed by atoms with Crippen molar-refractivity contribution in [3.05, 3.63) is 34.9 Å². The Morgan fingerprint density at radius 1 is 1.25 bits per heavy atom. The predicted molar refractivity (Wildman–Crippen MR) is 87.5 cm³/mol. The van der Waals surface area contributed by atoms with Crippen molar-refractivity contribution in [1.29, 1.82) is 0 Å². The Kier molecular flexibility index (Phi) is 6.34. The average molecular weight is 295 g/mol. The van der Waals surface area contributed by atoms with E-state index in [1.165, 1.54) is 31.2 Å². The smallest absolute Gasteiger partial charge is 0.0406 e. The molecule has 0 heterocycles. The molecule has 0 radical (unpaired) electrons. The van der Waals surface area contributed by atoms with Crippen LogP contribution in [0.5, 0.6) is 0 Å². The van der Waals surface area contributed by atoms with Crippen LogP contribution in [0.15, 0.2) is 24.3 Å². The fourth-order valence-corrected chi connectivity index (χ4v) is 3.19. The lowest BCUT2D eigenvalue weighted by Gasteiger charge is -2.25. The fourth-order valence-electron chi connectivity index (χ4n) is 3.06. The molecule has 1 atom stereocenters. The summed E-state index contributed by atoms with van der Waals surface area (Å²) in [5.74, 6) is 0. The average Bonchev–Trinajstić information content (AvgIpc) is 2.95. The Morgan fingerprint density at radius 3 is 2.55 bits per heavy atom. The molecule has 0 bridgehead atoms. The van der Waals surface area contributed by atoms with Crippen LogP contribution in [0, 0.1) is 0 Å². The van der Waals surface area contributed by atoms with E-state index in [2.05, 4.69) is 36.3 Å². The van der Waals surface area contributed by atoms with Crippen LogP contribution in [0.1, 0.15) is 38.2 Å². The monoisotopic (exact) mass is 294 g/mol. The Balaban J connectivity index is 1.64. The summed E-state index contributed by atoms with van der Waals surface area (Å²) in [6.45, 7) is 4.47. The van der Waals surface area contributed by atoms with Gasteiger partial charge in [-0.2, -0.15) is 0 Å². The molecule has 2 nitrogen and oxygen atoms in total. The maximum Gasteiger partial charge on any atom is 0.0406 e. The number of rotatable bonds is 7. The molecular weight excluding hydrogens is 268 g/mol. The summed E-state index contributed by atoms with van der Waals surface area (Å²) in [7, 11) is 2.27. The molecule has 1 aromatic carbocycles. The van der Waals surface area contributed by atoms with E-state index in [4.69, 9.17) is 11.6 Å². The molecule has 0 aromatic heterocycles. The van der Waals surface area contributed by atoms with Gasteiger partial charge in [-0.3, -0.25) is 0 Å². The molecule has 3 heteroatoms. The minimum Gasteiger partial charge on any atom is -0.313 e. The summed E-state index contributed by atoms with van der Waals surface area (Å²) in [4.78, 5) is 2.52. The molecule has 1 fully saturated rings. The lowest BCUT2D eigenvalue weighted by molar-refractivity contribution is 0.242. The van der Waals surface area contributed by atoms with Gasteiger partial charge in [-0.05, 0) is 50.9 Å². The molecule has 1 aliphatic carbocycles. The van der Waals surface area contributed by atoms with Gasteiger partial charge in [0.2, 0.25) is 0 Å². The Morgan fingerprint density at radius 2 is 1.90 bits per heavy atom. The largest absolute Gasteiger partial charge is 0.313 e. The molecule has 2 rings (SSSR count). The van der Waals surface area contributed by atoms with E-state index in [-0.39, 0.29) is 0 Å². The minimum atomic E-state index is 0.508. The first kappa shape index (κ1) is 15.8. The second kappa shape index (κ2) is 8.02. The summed E-state index contributed by atoms with van der Waals surface area (Å²) in [6, 6.07) is 9.50. The molecule has 0 amide bonds. The van der Waals surface area contributed by atoms with Gasteiger partial charge in [0.1, 0.15) is 0 Å². The van der Waals surface area contributed by atoms with Crippen molar-refractivity contribution in [2.45, 2.75) is 51.1 Å². The van der Waals surface area contributed by atoms with E-state index in [0.29, 0.717) is 6.04 Å². The first-order chi connectivity index (χ1) is 9.65. The van der Waals surface area contributed by atoms with Gasteiger partial charge in [0.05, 0.1) is 0 Å². The van der Waals surface area contributed by atoms with Gasteiger partial charge in [0, 0.05) is 30.2 Å². The van der Waals surface area contributed by atoms with Crippen molar-refractivity contribution < 1.29 is 0 Å². The van der Waals surface area contributed by atoms with Crippen LogP contribution in [0.25, 0.3) is 0 Å². The summed E-state index contributed by atoms with van der Waals surface area (Å²) < 4.78 is 0. The van der Waals surface area contributed by atoms with E-state index in [1.807, 2.05) is 12.1 Å². The highest BCUT2D eigenvalue weighted by molar-refractivity contribution is 6.30. The fraction of sp³-hybridized carbons (Fsp3) is 0.647. The van der Waals surface area contributed by atoms with E-state index >= 15 is 0 Å². The van der Waals surface area contributed by atoms with E-state index < -0.39 is 0 Å². The molecule has 1 aromatic rings. The third-order valence-corrected chi connectivity index (χ3v) is 4.61. The molecular formula is C17H27ClN2. The Labute approximate surface area is 128 Å². The van der Waals surface area contributed by atoms with Gasteiger partial charge in [0.15, 0.2) is 0 Å². The third-order valence-electron chi connectivity index (χ3n) is 4.36. The first-order valence-electron chi connectivity index (χ1n) is 7.83. The summed E-state index contributed by atoms with van der Waals surface area (Å²) in [6.07, 6.45) is 6.66. The van der Waals surface area contributed by atoms with Gasteiger partial charge in [-0.25, -0.2) is 0 Å². The molecule has 0 saturated heterocycles. The van der Waals surface area contributed by atoms with Crippen molar-refractivity contribution in [1.82, 2.24) is 10.2 Å². The topological polar surface area (TPSA) is 15.3 Å². The van der Waals surface area contributed by atoms with Crippen LogP contribution in [0.4, 0.5) is 0 Å². The maximum atomic E-state index is 5.91. The van der Waals surface area contributed by atoms with Crippen LogP contribution in [0.2, 0.25) is 5.02 Å². The number of halogens is 1. The van der Waals surface area contributed by atoms with Crippen LogP contribution in [0.3, 0.4) is 0 Å². The van der Waals surface area contributed by atoms with Crippen LogP contribution in [-0.2, 0) is 6.42 Å². The van der Waals surface area contributed by atoms with Crippen LogP contribution in [-0.4, -0.2) is 37.1 Å². The second-order valence-corrected chi connectivity index (χ2v) is 6.54. The van der Waals surface area contributed by atoms with Gasteiger partial charge in [0.25, 0.3) is 0 Å². The van der Waals surface area contributed by atoms with Crippen molar-refractivity contribution in [2.75, 3.05) is 20.1 Å². The standard InChI is InChI=1S/C17H27ClN2/c1-14(13-15-7-9-16(18)10-8-15)19-11-12-20(2)17-5-3-4-6-17/h7-10,14,17,19H,3-6,11-13H2,1-2H3. The lowest BCUT2D eigenvalue weighted by Crippen LogP contribution is -2.38. The highest BCUT2D eigenvalue weighted by Gasteiger charge is 2.18. The van der Waals surface area contributed by atoms with E-state index in [0.717, 1.165) is 30.6 Å². The highest BCUT2D eigenvalue weighted by atomic mass is 35.5. The SMILES string of the molecule is CC(Cc1ccc(Cl)cc1)NCCN(C)C1CCCC1. The Bertz CT molecular complexity index is 384. The van der Waals surface area contributed by atoms with E-state index in [9.17, 15) is 0 Å². The molecule has 1 N–H and O–H groups in total. The number of benzene rings is 1. The zero-order valence-corrected chi connectivity index (χ0v) is 13.5. The number of nitrogens with zero attached hydrogens (tertiary/aromatic N) is 1. The maximum absolute atomic E-state index is 5.91. The van der Waals surface area contributed by atoms with Gasteiger partial charge >= 0.3 is 0 Å². The molecule has 1 saturated carbocycles. The summed E-state index contributed by atoms with van der Waals surface area (Å²) in [5, 5.41) is 4.44. The first-order valence-corrected chi connectivity index (χ1v) is 8.21. The van der Waals surface area contributed by atoms with Crippen molar-refractivity contribution >= 4 is 11.6 Å².